The molecule has 0 radical (unpaired) electrons. The number of nitrogens with zero attached hydrogens (tertiary/aromatic N) is 2. The molecule has 2 aromatic rings. The molecule has 6 heteroatoms. The van der Waals surface area contributed by atoms with E-state index in [1.807, 2.05) is 13.8 Å². The monoisotopic (exact) mass is 325 g/mol. The first-order valence-corrected chi connectivity index (χ1v) is 7.90. The number of anilines is 1. The largest absolute Gasteiger partial charge is 0.507 e. The van der Waals surface area contributed by atoms with Crippen molar-refractivity contribution in [2.45, 2.75) is 32.9 Å². The van der Waals surface area contributed by atoms with Crippen LogP contribution in [0.4, 0.5) is 10.6 Å². The van der Waals surface area contributed by atoms with E-state index in [0.29, 0.717) is 17.9 Å². The number of para-hydroxylation sites is 1. The summed E-state index contributed by atoms with van der Waals surface area (Å²) in [5.74, 6) is 0.124. The van der Waals surface area contributed by atoms with Gasteiger partial charge in [-0.2, -0.15) is 0 Å². The second-order valence-electron chi connectivity index (χ2n) is 5.89. The molecule has 24 heavy (non-hydrogen) atoms. The molecule has 0 saturated carbocycles. The lowest BCUT2D eigenvalue weighted by Crippen LogP contribution is -2.44. The number of aromatic hydroxyl groups is 1. The van der Waals surface area contributed by atoms with Gasteiger partial charge in [-0.05, 0) is 31.5 Å². The summed E-state index contributed by atoms with van der Waals surface area (Å²) in [6.07, 6.45) is 2.26. The number of benzene rings is 1. The van der Waals surface area contributed by atoms with Crippen molar-refractivity contribution in [3.05, 3.63) is 53.2 Å². The van der Waals surface area contributed by atoms with Crippen LogP contribution in [-0.2, 0) is 6.54 Å². The van der Waals surface area contributed by atoms with Crippen LogP contribution in [0.5, 0.6) is 5.75 Å². The Morgan fingerprint density at radius 3 is 2.88 bits per heavy atom. The van der Waals surface area contributed by atoms with E-state index in [1.165, 1.54) is 12.3 Å². The molecule has 2 N–H and O–H groups in total. The summed E-state index contributed by atoms with van der Waals surface area (Å²) >= 11 is 0. The third-order valence-electron chi connectivity index (χ3n) is 4.33. The molecule has 0 aliphatic carbocycles. The van der Waals surface area contributed by atoms with Crippen molar-refractivity contribution in [3.63, 3.8) is 0 Å². The molecule has 0 spiro atoms. The van der Waals surface area contributed by atoms with Gasteiger partial charge in [-0.1, -0.05) is 19.1 Å². The molecule has 2 amide bonds. The molecule has 3 rings (SSSR count). The van der Waals surface area contributed by atoms with Crippen LogP contribution in [-0.4, -0.2) is 32.8 Å². The van der Waals surface area contributed by atoms with Crippen molar-refractivity contribution in [1.82, 2.24) is 9.88 Å². The first-order valence-electron chi connectivity index (χ1n) is 7.90. The van der Waals surface area contributed by atoms with Crippen LogP contribution < -0.4 is 5.32 Å². The maximum atomic E-state index is 12.6. The first kappa shape index (κ1) is 16.0. The Bertz CT molecular complexity index is 804. The highest BCUT2D eigenvalue weighted by molar-refractivity contribution is 6.10. The zero-order chi connectivity index (χ0) is 17.3. The predicted molar refractivity (Wildman–Crippen MR) is 90.1 cm³/mol. The number of urea groups is 1. The van der Waals surface area contributed by atoms with Crippen LogP contribution in [0.3, 0.4) is 0 Å². The number of carbonyl (C=O) groups is 2. The van der Waals surface area contributed by atoms with Gasteiger partial charge in [0.2, 0.25) is 0 Å². The summed E-state index contributed by atoms with van der Waals surface area (Å²) in [7, 11) is 0. The second kappa shape index (κ2) is 6.31. The van der Waals surface area contributed by atoms with E-state index in [-0.39, 0.29) is 29.2 Å². The molecule has 0 saturated heterocycles. The lowest BCUT2D eigenvalue weighted by molar-refractivity contribution is 0.103. The van der Waals surface area contributed by atoms with Crippen LogP contribution >= 0.6 is 0 Å². The maximum Gasteiger partial charge on any atom is 0.323 e. The normalized spacial score (nSPS) is 14.8. The van der Waals surface area contributed by atoms with E-state index in [9.17, 15) is 14.7 Å². The van der Waals surface area contributed by atoms with E-state index >= 15 is 0 Å². The molecular weight excluding hydrogens is 306 g/mol. The highest BCUT2D eigenvalue weighted by atomic mass is 16.3. The summed E-state index contributed by atoms with van der Waals surface area (Å²) in [5.41, 5.74) is 1.41. The van der Waals surface area contributed by atoms with Gasteiger partial charge in [-0.15, -0.1) is 0 Å². The number of phenols is 1. The quantitative estimate of drug-likeness (QED) is 0.846. The van der Waals surface area contributed by atoms with Gasteiger partial charge >= 0.3 is 6.03 Å². The molecule has 1 unspecified atom stereocenters. The van der Waals surface area contributed by atoms with Crippen LogP contribution in [0.15, 0.2) is 36.5 Å². The molecule has 2 heterocycles. The Kier molecular flexibility index (Phi) is 4.20. The Morgan fingerprint density at radius 2 is 2.17 bits per heavy atom. The average Bonchev–Trinajstić information content (AvgIpc) is 2.60. The van der Waals surface area contributed by atoms with Gasteiger partial charge in [-0.3, -0.25) is 10.1 Å². The highest BCUT2D eigenvalue weighted by Gasteiger charge is 2.27. The number of nitrogens with one attached hydrogen (secondary N) is 1. The molecule has 6 nitrogen and oxygen atoms in total. The smallest absolute Gasteiger partial charge is 0.323 e. The van der Waals surface area contributed by atoms with Gasteiger partial charge in [0.25, 0.3) is 0 Å². The topological polar surface area (TPSA) is 82.5 Å². The first-order chi connectivity index (χ1) is 11.5. The predicted octanol–water partition coefficient (Wildman–Crippen LogP) is 3.16. The van der Waals surface area contributed by atoms with Crippen molar-refractivity contribution in [3.8, 4) is 5.75 Å². The fraction of sp³-hybridized carbons (Fsp3) is 0.278. The number of aromatic nitrogens is 1. The number of pyridine rings is 1. The molecule has 1 atom stereocenters. The van der Waals surface area contributed by atoms with E-state index in [1.54, 1.807) is 29.2 Å². The lowest BCUT2D eigenvalue weighted by atomic mass is 10.0. The third-order valence-corrected chi connectivity index (χ3v) is 4.33. The van der Waals surface area contributed by atoms with Gasteiger partial charge in [0.05, 0.1) is 12.1 Å². The standard InChI is InChI=1S/C18H19N3O3/c1-3-11(2)21-10-13-8-12(9-19-17(13)20-18(21)24)16(23)14-6-4-5-7-15(14)22/h4-9,11,22H,3,10H2,1-2H3,(H,19,20,24). The number of ketones is 1. The number of hydrogen-bond donors (Lipinski definition) is 2. The summed E-state index contributed by atoms with van der Waals surface area (Å²) in [4.78, 5) is 30.6. The minimum atomic E-state index is -0.296. The number of fused-ring (bicyclic) bond motifs is 1. The van der Waals surface area contributed by atoms with E-state index in [0.717, 1.165) is 12.0 Å². The third kappa shape index (κ3) is 2.82. The summed E-state index contributed by atoms with van der Waals surface area (Å²) < 4.78 is 0. The van der Waals surface area contributed by atoms with Crippen LogP contribution in [0, 0.1) is 0 Å². The zero-order valence-electron chi connectivity index (χ0n) is 13.6. The molecule has 0 bridgehead atoms. The number of hydrogen-bond acceptors (Lipinski definition) is 4. The van der Waals surface area contributed by atoms with Gasteiger partial charge in [0, 0.05) is 23.4 Å². The van der Waals surface area contributed by atoms with Crippen molar-refractivity contribution >= 4 is 17.6 Å². The fourth-order valence-electron chi connectivity index (χ4n) is 2.69. The molecule has 1 aliphatic heterocycles. The number of phenolic OH excluding ortho intramolecular Hbond substituents is 1. The summed E-state index contributed by atoms with van der Waals surface area (Å²) in [6.45, 7) is 4.41. The van der Waals surface area contributed by atoms with E-state index < -0.39 is 0 Å². The van der Waals surface area contributed by atoms with Gasteiger partial charge in [0.15, 0.2) is 5.78 Å². The minimum absolute atomic E-state index is 0.0604. The number of amides is 2. The zero-order valence-corrected chi connectivity index (χ0v) is 13.6. The van der Waals surface area contributed by atoms with Gasteiger partial charge in [-0.25, -0.2) is 9.78 Å². The number of carbonyl (C=O) groups excluding carboxylic acids is 2. The van der Waals surface area contributed by atoms with Gasteiger partial charge < -0.3 is 10.0 Å². The van der Waals surface area contributed by atoms with Crippen molar-refractivity contribution < 1.29 is 14.7 Å². The van der Waals surface area contributed by atoms with E-state index in [4.69, 9.17) is 0 Å². The Labute approximate surface area is 140 Å². The highest BCUT2D eigenvalue weighted by Crippen LogP contribution is 2.26. The van der Waals surface area contributed by atoms with E-state index in [2.05, 4.69) is 10.3 Å². The van der Waals surface area contributed by atoms with Crippen molar-refractivity contribution in [2.24, 2.45) is 0 Å². The molecular formula is C18H19N3O3. The fourth-order valence-corrected chi connectivity index (χ4v) is 2.69. The number of rotatable bonds is 4. The molecule has 0 fully saturated rings. The van der Waals surface area contributed by atoms with Crippen LogP contribution in [0.1, 0.15) is 41.8 Å². The van der Waals surface area contributed by atoms with Crippen molar-refractivity contribution in [1.29, 1.82) is 0 Å². The van der Waals surface area contributed by atoms with Crippen LogP contribution in [0.2, 0.25) is 0 Å². The Hall–Kier alpha value is -2.89. The SMILES string of the molecule is CCC(C)N1Cc2cc(C(=O)c3ccccc3O)cnc2NC1=O. The summed E-state index contributed by atoms with van der Waals surface area (Å²) in [5, 5.41) is 12.6. The second-order valence-corrected chi connectivity index (χ2v) is 5.89. The molecule has 1 aromatic heterocycles. The molecule has 124 valence electrons. The summed E-state index contributed by atoms with van der Waals surface area (Å²) in [6, 6.07) is 8.06. The van der Waals surface area contributed by atoms with Crippen molar-refractivity contribution in [2.75, 3.05) is 5.32 Å². The van der Waals surface area contributed by atoms with Gasteiger partial charge in [0.1, 0.15) is 11.6 Å². The average molecular weight is 325 g/mol. The minimum Gasteiger partial charge on any atom is -0.507 e. The van der Waals surface area contributed by atoms with Crippen LogP contribution in [0.25, 0.3) is 0 Å². The maximum absolute atomic E-state index is 12.6. The Morgan fingerprint density at radius 1 is 1.42 bits per heavy atom. The Balaban J connectivity index is 1.93. The molecule has 1 aliphatic rings. The molecule has 1 aromatic carbocycles. The lowest BCUT2D eigenvalue weighted by Gasteiger charge is -2.33.